The molecule has 0 radical (unpaired) electrons. The highest BCUT2D eigenvalue weighted by atomic mass is 32.2. The van der Waals surface area contributed by atoms with E-state index in [1.807, 2.05) is 11.9 Å². The molecule has 0 aliphatic carbocycles. The molecular weight excluding hydrogens is 348 g/mol. The quantitative estimate of drug-likeness (QED) is 0.467. The fourth-order valence-electron chi connectivity index (χ4n) is 2.21. The summed E-state index contributed by atoms with van der Waals surface area (Å²) >= 11 is 0. The Morgan fingerprint density at radius 2 is 1.61 bits per heavy atom. The van der Waals surface area contributed by atoms with Gasteiger partial charge in [0.25, 0.3) is 0 Å². The molecular formula is C11H26N4O6S2. The van der Waals surface area contributed by atoms with Crippen molar-refractivity contribution < 1.29 is 26.3 Å². The zero-order valence-electron chi connectivity index (χ0n) is 13.2. The van der Waals surface area contributed by atoms with Gasteiger partial charge in [0, 0.05) is 26.2 Å². The van der Waals surface area contributed by atoms with Crippen LogP contribution >= 0.6 is 0 Å². The molecule has 2 fully saturated rings. The van der Waals surface area contributed by atoms with Gasteiger partial charge in [0.15, 0.2) is 0 Å². The second kappa shape index (κ2) is 9.22. The van der Waals surface area contributed by atoms with Crippen molar-refractivity contribution in [1.29, 1.82) is 0 Å². The van der Waals surface area contributed by atoms with Crippen LogP contribution in [0.1, 0.15) is 0 Å². The molecule has 0 amide bonds. The van der Waals surface area contributed by atoms with Crippen molar-refractivity contribution in [1.82, 2.24) is 10.2 Å². The minimum absolute atomic E-state index is 0.0860. The summed E-state index contributed by atoms with van der Waals surface area (Å²) in [6, 6.07) is 0. The second-order valence-corrected chi connectivity index (χ2v) is 8.93. The smallest absolute Gasteiger partial charge is 0.211 e. The SMILES string of the molecule is CN1CCOC(CS(N)(=O)=O)C1.NS(=O)(=O)CC1CNCCO1. The number of sulfonamides is 2. The Morgan fingerprint density at radius 3 is 2.09 bits per heavy atom. The monoisotopic (exact) mass is 374 g/mol. The van der Waals surface area contributed by atoms with Gasteiger partial charge in [-0.15, -0.1) is 0 Å². The summed E-state index contributed by atoms with van der Waals surface area (Å²) in [6.45, 7) is 3.96. The maximum absolute atomic E-state index is 10.7. The molecule has 12 heteroatoms. The number of ether oxygens (including phenoxy) is 2. The Hall–Kier alpha value is -0.340. The van der Waals surface area contributed by atoms with E-state index >= 15 is 0 Å². The third-order valence-corrected chi connectivity index (χ3v) is 4.86. The van der Waals surface area contributed by atoms with E-state index in [-0.39, 0.29) is 23.7 Å². The molecule has 2 heterocycles. The fourth-order valence-corrected chi connectivity index (χ4v) is 3.66. The van der Waals surface area contributed by atoms with Crippen molar-refractivity contribution in [2.24, 2.45) is 10.3 Å². The highest BCUT2D eigenvalue weighted by Gasteiger charge is 2.21. The van der Waals surface area contributed by atoms with Crippen LogP contribution in [0, 0.1) is 0 Å². The van der Waals surface area contributed by atoms with Crippen LogP contribution in [0.3, 0.4) is 0 Å². The van der Waals surface area contributed by atoms with Crippen LogP contribution < -0.4 is 15.6 Å². The first-order valence-electron chi connectivity index (χ1n) is 7.18. The van der Waals surface area contributed by atoms with Gasteiger partial charge in [0.2, 0.25) is 20.0 Å². The number of likely N-dealkylation sites (N-methyl/N-ethyl adjacent to an activating group) is 1. The Bertz CT molecular complexity index is 547. The van der Waals surface area contributed by atoms with Gasteiger partial charge in [0.05, 0.1) is 36.9 Å². The van der Waals surface area contributed by atoms with Gasteiger partial charge in [0.1, 0.15) is 0 Å². The van der Waals surface area contributed by atoms with Crippen LogP contribution in [0.2, 0.25) is 0 Å². The predicted octanol–water partition coefficient (Wildman–Crippen LogP) is -3.13. The molecule has 0 aromatic carbocycles. The number of hydrogen-bond acceptors (Lipinski definition) is 8. The fraction of sp³-hybridized carbons (Fsp3) is 1.00. The molecule has 2 unspecified atom stereocenters. The third kappa shape index (κ3) is 10.9. The number of morpholine rings is 2. The van der Waals surface area contributed by atoms with Crippen molar-refractivity contribution in [3.05, 3.63) is 0 Å². The van der Waals surface area contributed by atoms with Crippen molar-refractivity contribution in [2.75, 3.05) is 57.9 Å². The summed E-state index contributed by atoms with van der Waals surface area (Å²) in [5, 5.41) is 12.7. The lowest BCUT2D eigenvalue weighted by atomic mass is 10.3. The summed E-state index contributed by atoms with van der Waals surface area (Å²) in [7, 11) is -4.86. The maximum atomic E-state index is 10.7. The normalized spacial score (nSPS) is 27.1. The maximum Gasteiger partial charge on any atom is 0.211 e. The van der Waals surface area contributed by atoms with Gasteiger partial charge in [-0.25, -0.2) is 27.1 Å². The third-order valence-electron chi connectivity index (χ3n) is 3.18. The molecule has 2 aliphatic rings. The first-order chi connectivity index (χ1) is 10.6. The van der Waals surface area contributed by atoms with Crippen LogP contribution in [0.4, 0.5) is 0 Å². The standard InChI is InChI=1S/C6H14N2O3S.C5H12N2O3S/c1-8-2-3-11-6(4-8)5-12(7,9)10;6-11(8,9)4-5-3-7-1-2-10-5/h6H,2-5H2,1H3,(H2,7,9,10);5,7H,1-4H2,(H2,6,8,9). The Kier molecular flexibility index (Phi) is 8.30. The highest BCUT2D eigenvalue weighted by Crippen LogP contribution is 2.04. The van der Waals surface area contributed by atoms with Crippen LogP contribution in [-0.2, 0) is 29.5 Å². The largest absolute Gasteiger partial charge is 0.374 e. The van der Waals surface area contributed by atoms with Crippen LogP contribution in [0.25, 0.3) is 0 Å². The minimum Gasteiger partial charge on any atom is -0.374 e. The number of nitrogens with one attached hydrogen (secondary N) is 1. The van der Waals surface area contributed by atoms with Gasteiger partial charge >= 0.3 is 0 Å². The van der Waals surface area contributed by atoms with Crippen molar-refractivity contribution in [3.8, 4) is 0 Å². The van der Waals surface area contributed by atoms with Crippen LogP contribution in [0.15, 0.2) is 0 Å². The lowest BCUT2D eigenvalue weighted by Gasteiger charge is -2.29. The summed E-state index contributed by atoms with van der Waals surface area (Å²) in [5.41, 5.74) is 0. The highest BCUT2D eigenvalue weighted by molar-refractivity contribution is 7.89. The van der Waals surface area contributed by atoms with Crippen molar-refractivity contribution in [3.63, 3.8) is 0 Å². The number of nitrogens with zero attached hydrogens (tertiary/aromatic N) is 1. The lowest BCUT2D eigenvalue weighted by molar-refractivity contribution is -0.00680. The average Bonchev–Trinajstić information content (AvgIpc) is 2.36. The first-order valence-corrected chi connectivity index (χ1v) is 10.6. The summed E-state index contributed by atoms with van der Waals surface area (Å²) in [6.07, 6.45) is -0.544. The lowest BCUT2D eigenvalue weighted by Crippen LogP contribution is -2.44. The Balaban J connectivity index is 0.000000231. The molecule has 23 heavy (non-hydrogen) atoms. The molecule has 5 N–H and O–H groups in total. The van der Waals surface area contributed by atoms with E-state index in [1.165, 1.54) is 0 Å². The van der Waals surface area contributed by atoms with E-state index in [9.17, 15) is 16.8 Å². The van der Waals surface area contributed by atoms with E-state index < -0.39 is 20.0 Å². The van der Waals surface area contributed by atoms with E-state index in [4.69, 9.17) is 19.8 Å². The number of rotatable bonds is 4. The molecule has 2 aliphatic heterocycles. The zero-order valence-corrected chi connectivity index (χ0v) is 14.8. The molecule has 10 nitrogen and oxygen atoms in total. The van der Waals surface area contributed by atoms with Crippen LogP contribution in [-0.4, -0.2) is 91.9 Å². The Labute approximate surface area is 137 Å². The van der Waals surface area contributed by atoms with E-state index in [2.05, 4.69) is 5.32 Å². The number of nitrogens with two attached hydrogens (primary N) is 2. The van der Waals surface area contributed by atoms with E-state index in [0.29, 0.717) is 26.3 Å². The molecule has 2 rings (SSSR count). The second-order valence-electron chi connectivity index (χ2n) is 5.61. The van der Waals surface area contributed by atoms with Crippen molar-refractivity contribution >= 4 is 20.0 Å². The van der Waals surface area contributed by atoms with Gasteiger partial charge in [-0.2, -0.15) is 0 Å². The zero-order chi connectivity index (χ0) is 17.5. The molecule has 2 saturated heterocycles. The summed E-state index contributed by atoms with van der Waals surface area (Å²) < 4.78 is 52.9. The molecule has 0 aromatic heterocycles. The molecule has 2 atom stereocenters. The van der Waals surface area contributed by atoms with Gasteiger partial charge in [-0.3, -0.25) is 0 Å². The summed E-state index contributed by atoms with van der Waals surface area (Å²) in [5.74, 6) is -0.183. The molecule has 0 saturated carbocycles. The predicted molar refractivity (Wildman–Crippen MR) is 85.8 cm³/mol. The average molecular weight is 374 g/mol. The van der Waals surface area contributed by atoms with E-state index in [0.717, 1.165) is 13.1 Å². The van der Waals surface area contributed by atoms with Crippen molar-refractivity contribution in [2.45, 2.75) is 12.2 Å². The molecule has 0 aromatic rings. The van der Waals surface area contributed by atoms with Gasteiger partial charge in [-0.05, 0) is 7.05 Å². The number of hydrogen-bond donors (Lipinski definition) is 3. The van der Waals surface area contributed by atoms with Crippen LogP contribution in [0.5, 0.6) is 0 Å². The van der Waals surface area contributed by atoms with E-state index in [1.54, 1.807) is 0 Å². The first kappa shape index (κ1) is 20.7. The molecule has 0 spiro atoms. The topological polar surface area (TPSA) is 154 Å². The Morgan fingerprint density at radius 1 is 1.04 bits per heavy atom. The number of primary sulfonamides is 2. The minimum atomic E-state index is -3.40. The molecule has 0 bridgehead atoms. The molecule has 138 valence electrons. The van der Waals surface area contributed by atoms with Gasteiger partial charge in [-0.1, -0.05) is 0 Å². The summed E-state index contributed by atoms with van der Waals surface area (Å²) in [4.78, 5) is 2.03. The van der Waals surface area contributed by atoms with Gasteiger partial charge < -0.3 is 19.7 Å².